The zero-order chi connectivity index (χ0) is 13.5. The molecule has 0 saturated carbocycles. The molecule has 0 radical (unpaired) electrons. The fraction of sp³-hybridized carbons (Fsp3) is 0.385. The highest BCUT2D eigenvalue weighted by Gasteiger charge is 2.17. The van der Waals surface area contributed by atoms with E-state index in [9.17, 15) is 9.59 Å². The molecule has 0 aromatic heterocycles. The summed E-state index contributed by atoms with van der Waals surface area (Å²) in [5, 5.41) is 0. The Morgan fingerprint density at radius 2 is 1.83 bits per heavy atom. The lowest BCUT2D eigenvalue weighted by Gasteiger charge is -2.18. The smallest absolute Gasteiger partial charge is 0.404 e. The third-order valence-corrected chi connectivity index (χ3v) is 2.54. The summed E-state index contributed by atoms with van der Waals surface area (Å²) in [6, 6.07) is 7.65. The van der Waals surface area contributed by atoms with Crippen molar-refractivity contribution < 1.29 is 19.1 Å². The van der Waals surface area contributed by atoms with Crippen LogP contribution >= 0.6 is 0 Å². The Balaban J connectivity index is 2.79. The van der Waals surface area contributed by atoms with Crippen molar-refractivity contribution in [2.75, 3.05) is 13.2 Å². The van der Waals surface area contributed by atoms with Gasteiger partial charge in [-0.15, -0.1) is 0 Å². The van der Waals surface area contributed by atoms with Crippen LogP contribution in [0.15, 0.2) is 24.3 Å². The largest absolute Gasteiger partial charge is 0.465 e. The van der Waals surface area contributed by atoms with Gasteiger partial charge in [0.15, 0.2) is 0 Å². The molecule has 0 heterocycles. The zero-order valence-electron chi connectivity index (χ0n) is 10.5. The second-order valence-corrected chi connectivity index (χ2v) is 3.99. The van der Waals surface area contributed by atoms with Crippen LogP contribution in [0.5, 0.6) is 0 Å². The Hall–Kier alpha value is -2.04. The quantitative estimate of drug-likeness (QED) is 0.808. The SMILES string of the molecule is CC(=O)OCC(COC(N)=O)c1ccccc1C. The Bertz CT molecular complexity index is 413. The standard InChI is InChI=1S/C13H17NO4/c1-9-5-3-4-6-12(9)11(7-17-10(2)15)8-18-13(14)16/h3-6,11H,7-8H2,1-2H3,(H2,14,16). The van der Waals surface area contributed by atoms with Crippen LogP contribution in [0.4, 0.5) is 4.79 Å². The normalized spacial score (nSPS) is 11.7. The highest BCUT2D eigenvalue weighted by atomic mass is 16.6. The molecule has 0 aliphatic rings. The van der Waals surface area contributed by atoms with E-state index in [1.807, 2.05) is 31.2 Å². The molecule has 0 fully saturated rings. The van der Waals surface area contributed by atoms with Crippen molar-refractivity contribution in [3.63, 3.8) is 0 Å². The molecule has 0 saturated heterocycles. The molecular formula is C13H17NO4. The molecule has 2 N–H and O–H groups in total. The van der Waals surface area contributed by atoms with E-state index in [4.69, 9.17) is 15.2 Å². The fourth-order valence-corrected chi connectivity index (χ4v) is 1.67. The van der Waals surface area contributed by atoms with Crippen molar-refractivity contribution in [2.24, 2.45) is 5.73 Å². The fourth-order valence-electron chi connectivity index (χ4n) is 1.67. The minimum absolute atomic E-state index is 0.0907. The number of ether oxygens (including phenoxy) is 2. The van der Waals surface area contributed by atoms with E-state index in [-0.39, 0.29) is 25.1 Å². The van der Waals surface area contributed by atoms with E-state index >= 15 is 0 Å². The first-order valence-corrected chi connectivity index (χ1v) is 5.62. The summed E-state index contributed by atoms with van der Waals surface area (Å²) in [6.45, 7) is 3.53. The summed E-state index contributed by atoms with van der Waals surface area (Å²) in [6.07, 6.45) is -0.837. The van der Waals surface area contributed by atoms with E-state index in [2.05, 4.69) is 0 Å². The summed E-state index contributed by atoms with van der Waals surface area (Å²) < 4.78 is 9.77. The Morgan fingerprint density at radius 3 is 2.39 bits per heavy atom. The average molecular weight is 251 g/mol. The third kappa shape index (κ3) is 4.45. The van der Waals surface area contributed by atoms with Gasteiger partial charge in [0, 0.05) is 6.92 Å². The molecule has 5 nitrogen and oxygen atoms in total. The minimum atomic E-state index is -0.837. The Kier molecular flexibility index (Phi) is 5.17. The van der Waals surface area contributed by atoms with Gasteiger partial charge < -0.3 is 15.2 Å². The predicted molar refractivity (Wildman–Crippen MR) is 66.1 cm³/mol. The van der Waals surface area contributed by atoms with Crippen molar-refractivity contribution in [3.05, 3.63) is 35.4 Å². The summed E-state index contributed by atoms with van der Waals surface area (Å²) in [5.74, 6) is -0.574. The number of nitrogens with two attached hydrogens (primary N) is 1. The molecule has 1 unspecified atom stereocenters. The monoisotopic (exact) mass is 251 g/mol. The van der Waals surface area contributed by atoms with E-state index in [1.165, 1.54) is 6.92 Å². The first-order chi connectivity index (χ1) is 8.50. The summed E-state index contributed by atoms with van der Waals surface area (Å²) in [4.78, 5) is 21.5. The molecule has 1 rings (SSSR count). The van der Waals surface area contributed by atoms with Gasteiger partial charge in [-0.05, 0) is 18.1 Å². The number of esters is 1. The van der Waals surface area contributed by atoms with E-state index in [0.29, 0.717) is 0 Å². The molecule has 18 heavy (non-hydrogen) atoms. The minimum Gasteiger partial charge on any atom is -0.465 e. The summed E-state index contributed by atoms with van der Waals surface area (Å²) >= 11 is 0. The van der Waals surface area contributed by atoms with E-state index in [1.54, 1.807) is 0 Å². The molecule has 1 aromatic carbocycles. The van der Waals surface area contributed by atoms with Gasteiger partial charge in [0.25, 0.3) is 0 Å². The first kappa shape index (κ1) is 14.0. The molecule has 1 atom stereocenters. The van der Waals surface area contributed by atoms with Crippen LogP contribution in [0.25, 0.3) is 0 Å². The van der Waals surface area contributed by atoms with Gasteiger partial charge in [-0.3, -0.25) is 4.79 Å². The number of benzene rings is 1. The van der Waals surface area contributed by atoms with Crippen LogP contribution in [0.1, 0.15) is 24.0 Å². The lowest BCUT2D eigenvalue weighted by Crippen LogP contribution is -2.22. The van der Waals surface area contributed by atoms with Gasteiger partial charge in [0.1, 0.15) is 13.2 Å². The number of primary amides is 1. The molecule has 1 aromatic rings. The van der Waals surface area contributed by atoms with Crippen LogP contribution in [0.3, 0.4) is 0 Å². The van der Waals surface area contributed by atoms with Gasteiger partial charge >= 0.3 is 12.1 Å². The van der Waals surface area contributed by atoms with Crippen LogP contribution in [-0.4, -0.2) is 25.3 Å². The molecule has 98 valence electrons. The van der Waals surface area contributed by atoms with Crippen molar-refractivity contribution in [1.82, 2.24) is 0 Å². The second kappa shape index (κ2) is 6.64. The van der Waals surface area contributed by atoms with Crippen LogP contribution < -0.4 is 5.73 Å². The zero-order valence-corrected chi connectivity index (χ0v) is 10.5. The van der Waals surface area contributed by atoms with Crippen molar-refractivity contribution in [3.8, 4) is 0 Å². The maximum atomic E-state index is 10.8. The third-order valence-electron chi connectivity index (χ3n) is 2.54. The number of aryl methyl sites for hydroxylation is 1. The average Bonchev–Trinajstić information content (AvgIpc) is 2.30. The number of carbonyl (C=O) groups excluding carboxylic acids is 2. The lowest BCUT2D eigenvalue weighted by molar-refractivity contribution is -0.141. The van der Waals surface area contributed by atoms with E-state index in [0.717, 1.165) is 11.1 Å². The number of amides is 1. The van der Waals surface area contributed by atoms with Gasteiger partial charge in [-0.1, -0.05) is 24.3 Å². The van der Waals surface area contributed by atoms with Crippen LogP contribution in [0.2, 0.25) is 0 Å². The molecule has 0 aliphatic carbocycles. The van der Waals surface area contributed by atoms with Gasteiger partial charge in [0.05, 0.1) is 5.92 Å². The summed E-state index contributed by atoms with van der Waals surface area (Å²) in [5.41, 5.74) is 6.96. The number of carbonyl (C=O) groups is 2. The topological polar surface area (TPSA) is 78.6 Å². The summed E-state index contributed by atoms with van der Waals surface area (Å²) in [7, 11) is 0. The first-order valence-electron chi connectivity index (χ1n) is 5.62. The number of rotatable bonds is 5. The second-order valence-electron chi connectivity index (χ2n) is 3.99. The molecule has 5 heteroatoms. The van der Waals surface area contributed by atoms with Crippen LogP contribution in [-0.2, 0) is 14.3 Å². The van der Waals surface area contributed by atoms with Gasteiger partial charge in [-0.2, -0.15) is 0 Å². The Labute approximate surface area is 106 Å². The van der Waals surface area contributed by atoms with Crippen molar-refractivity contribution in [1.29, 1.82) is 0 Å². The highest BCUT2D eigenvalue weighted by Crippen LogP contribution is 2.20. The predicted octanol–water partition coefficient (Wildman–Crippen LogP) is 1.74. The number of hydrogen-bond acceptors (Lipinski definition) is 4. The lowest BCUT2D eigenvalue weighted by atomic mass is 9.96. The van der Waals surface area contributed by atoms with E-state index < -0.39 is 6.09 Å². The highest BCUT2D eigenvalue weighted by molar-refractivity contribution is 5.66. The molecule has 0 spiro atoms. The Morgan fingerprint density at radius 1 is 1.22 bits per heavy atom. The van der Waals surface area contributed by atoms with Crippen molar-refractivity contribution in [2.45, 2.75) is 19.8 Å². The number of hydrogen-bond donors (Lipinski definition) is 1. The maximum absolute atomic E-state index is 10.8. The van der Waals surface area contributed by atoms with Gasteiger partial charge in [0.2, 0.25) is 0 Å². The molecule has 0 bridgehead atoms. The molecule has 1 amide bonds. The van der Waals surface area contributed by atoms with Gasteiger partial charge in [-0.25, -0.2) is 4.79 Å². The maximum Gasteiger partial charge on any atom is 0.404 e. The molecular weight excluding hydrogens is 234 g/mol. The molecule has 0 aliphatic heterocycles. The van der Waals surface area contributed by atoms with Crippen LogP contribution in [0, 0.1) is 6.92 Å². The van der Waals surface area contributed by atoms with Crippen molar-refractivity contribution >= 4 is 12.1 Å².